The molecule has 0 spiro atoms. The van der Waals surface area contributed by atoms with E-state index >= 15 is 0 Å². The molecule has 5 N–H and O–H groups in total. The summed E-state index contributed by atoms with van der Waals surface area (Å²) in [5, 5.41) is 3.01. The van der Waals surface area contributed by atoms with Crippen LogP contribution in [0.15, 0.2) is 54.9 Å². The summed E-state index contributed by atoms with van der Waals surface area (Å²) in [6, 6.07) is 11.5. The van der Waals surface area contributed by atoms with Gasteiger partial charge >= 0.3 is 0 Å². The molecule has 0 unspecified atom stereocenters. The molecule has 3 rings (SSSR count). The van der Waals surface area contributed by atoms with Gasteiger partial charge in [0.25, 0.3) is 5.91 Å². The number of anilines is 3. The Balaban J connectivity index is 1.65. The van der Waals surface area contributed by atoms with Crippen molar-refractivity contribution in [2.75, 3.05) is 16.5 Å². The van der Waals surface area contributed by atoms with Gasteiger partial charge in [-0.2, -0.15) is 0 Å². The van der Waals surface area contributed by atoms with Crippen LogP contribution in [0.1, 0.15) is 15.9 Å². The molecule has 7 nitrogen and oxygen atoms in total. The van der Waals surface area contributed by atoms with Gasteiger partial charge in [0.1, 0.15) is 23.6 Å². The highest BCUT2D eigenvalue weighted by molar-refractivity contribution is 5.95. The normalized spacial score (nSPS) is 10.3. The van der Waals surface area contributed by atoms with Gasteiger partial charge in [-0.05, 0) is 29.8 Å². The molecule has 138 valence electrons. The van der Waals surface area contributed by atoms with E-state index in [1.807, 2.05) is 0 Å². The van der Waals surface area contributed by atoms with Gasteiger partial charge in [0.05, 0.1) is 5.56 Å². The molecule has 1 amide bonds. The van der Waals surface area contributed by atoms with Crippen LogP contribution in [0.3, 0.4) is 0 Å². The van der Waals surface area contributed by atoms with Crippen molar-refractivity contribution in [1.29, 1.82) is 0 Å². The van der Waals surface area contributed by atoms with E-state index in [1.165, 1.54) is 36.7 Å². The third-order valence-electron chi connectivity index (χ3n) is 3.67. The molecule has 1 aromatic heterocycles. The van der Waals surface area contributed by atoms with E-state index in [-0.39, 0.29) is 22.9 Å². The van der Waals surface area contributed by atoms with Gasteiger partial charge in [-0.25, -0.2) is 18.7 Å². The van der Waals surface area contributed by atoms with Gasteiger partial charge in [0, 0.05) is 6.54 Å². The predicted octanol–water partition coefficient (Wildman–Crippen LogP) is 2.71. The summed E-state index contributed by atoms with van der Waals surface area (Å²) in [7, 11) is 0. The van der Waals surface area contributed by atoms with Gasteiger partial charge < -0.3 is 11.1 Å². The zero-order valence-electron chi connectivity index (χ0n) is 14.0. The van der Waals surface area contributed by atoms with Crippen LogP contribution in [-0.4, -0.2) is 15.9 Å². The lowest BCUT2D eigenvalue weighted by Gasteiger charge is -2.13. The number of hydrogen-bond donors (Lipinski definition) is 4. The molecule has 0 bridgehead atoms. The molecular weight excluding hydrogens is 354 g/mol. The highest BCUT2D eigenvalue weighted by Crippen LogP contribution is 2.22. The van der Waals surface area contributed by atoms with E-state index in [9.17, 15) is 13.6 Å². The number of rotatable bonds is 6. The Kier molecular flexibility index (Phi) is 5.41. The quantitative estimate of drug-likeness (QED) is 0.497. The van der Waals surface area contributed by atoms with Gasteiger partial charge in [-0.15, -0.1) is 0 Å². The average molecular weight is 370 g/mol. The molecule has 0 fully saturated rings. The van der Waals surface area contributed by atoms with Gasteiger partial charge in [-0.3, -0.25) is 15.6 Å². The minimum absolute atomic E-state index is 0.118. The lowest BCUT2D eigenvalue weighted by molar-refractivity contribution is 0.0958. The second-order valence-corrected chi connectivity index (χ2v) is 5.52. The van der Waals surface area contributed by atoms with Crippen molar-refractivity contribution in [3.8, 4) is 0 Å². The number of nitrogens with zero attached hydrogens (tertiary/aromatic N) is 2. The maximum atomic E-state index is 13.6. The third-order valence-corrected chi connectivity index (χ3v) is 3.67. The first-order valence-electron chi connectivity index (χ1n) is 7.94. The molecule has 27 heavy (non-hydrogen) atoms. The highest BCUT2D eigenvalue weighted by Gasteiger charge is 2.12. The number of nitrogens with two attached hydrogens (primary N) is 1. The maximum Gasteiger partial charge on any atom is 0.272 e. The van der Waals surface area contributed by atoms with Crippen molar-refractivity contribution >= 4 is 23.2 Å². The lowest BCUT2D eigenvalue weighted by atomic mass is 10.2. The van der Waals surface area contributed by atoms with E-state index in [4.69, 9.17) is 5.73 Å². The summed E-state index contributed by atoms with van der Waals surface area (Å²) in [4.78, 5) is 20.0. The van der Waals surface area contributed by atoms with Crippen molar-refractivity contribution in [3.63, 3.8) is 0 Å². The third kappa shape index (κ3) is 4.46. The van der Waals surface area contributed by atoms with Crippen molar-refractivity contribution in [2.24, 2.45) is 0 Å². The number of amides is 1. The summed E-state index contributed by atoms with van der Waals surface area (Å²) >= 11 is 0. The molecule has 0 aliphatic rings. The fourth-order valence-corrected chi connectivity index (χ4v) is 2.25. The zero-order valence-corrected chi connectivity index (χ0v) is 14.0. The highest BCUT2D eigenvalue weighted by atomic mass is 19.1. The standard InChI is InChI=1S/C18H16F2N6O/c19-12-7-5-11(6-8-12)9-22-16-15(21)17(24-10-23-16)25-26-18(27)13-3-1-2-4-14(13)20/h1-8,10H,9,21H2,(H,26,27)(H2,22,23,24,25). The van der Waals surface area contributed by atoms with Crippen LogP contribution in [0.25, 0.3) is 0 Å². The Bertz CT molecular complexity index is 949. The van der Waals surface area contributed by atoms with Gasteiger partial charge in [0.2, 0.25) is 0 Å². The molecule has 0 atom stereocenters. The van der Waals surface area contributed by atoms with Gasteiger partial charge in [0.15, 0.2) is 11.6 Å². The first-order chi connectivity index (χ1) is 13.0. The largest absolute Gasteiger partial charge is 0.393 e. The number of hydrazine groups is 1. The van der Waals surface area contributed by atoms with Crippen LogP contribution >= 0.6 is 0 Å². The first-order valence-corrected chi connectivity index (χ1v) is 7.94. The SMILES string of the molecule is Nc1c(NCc2ccc(F)cc2)ncnc1NNC(=O)c1ccccc1F. The monoisotopic (exact) mass is 370 g/mol. The fraction of sp³-hybridized carbons (Fsp3) is 0.0556. The number of benzene rings is 2. The Morgan fingerprint density at radius 3 is 2.44 bits per heavy atom. The molecule has 0 aliphatic carbocycles. The second kappa shape index (κ2) is 8.09. The average Bonchev–Trinajstić information content (AvgIpc) is 2.67. The fourth-order valence-electron chi connectivity index (χ4n) is 2.25. The number of carbonyl (C=O) groups is 1. The molecule has 9 heteroatoms. The first kappa shape index (κ1) is 18.1. The van der Waals surface area contributed by atoms with E-state index in [1.54, 1.807) is 18.2 Å². The molecule has 0 saturated heterocycles. The van der Waals surface area contributed by atoms with E-state index in [0.29, 0.717) is 12.4 Å². The minimum atomic E-state index is -0.674. The van der Waals surface area contributed by atoms with Crippen LogP contribution in [0.5, 0.6) is 0 Å². The number of nitrogens with one attached hydrogen (secondary N) is 3. The summed E-state index contributed by atoms with van der Waals surface area (Å²) in [5.41, 5.74) is 11.8. The summed E-state index contributed by atoms with van der Waals surface area (Å²) in [6.07, 6.45) is 1.25. The summed E-state index contributed by atoms with van der Waals surface area (Å²) < 4.78 is 26.6. The minimum Gasteiger partial charge on any atom is -0.393 e. The maximum absolute atomic E-state index is 13.6. The topological polar surface area (TPSA) is 105 Å². The Morgan fingerprint density at radius 2 is 1.70 bits per heavy atom. The van der Waals surface area contributed by atoms with E-state index in [2.05, 4.69) is 26.1 Å². The zero-order chi connectivity index (χ0) is 19.2. The van der Waals surface area contributed by atoms with Gasteiger partial charge in [-0.1, -0.05) is 24.3 Å². The molecule has 3 aromatic rings. The second-order valence-electron chi connectivity index (χ2n) is 5.52. The lowest BCUT2D eigenvalue weighted by Crippen LogP contribution is -2.31. The van der Waals surface area contributed by atoms with Crippen LogP contribution in [0, 0.1) is 11.6 Å². The molecule has 1 heterocycles. The number of halogens is 2. The summed E-state index contributed by atoms with van der Waals surface area (Å²) in [5.74, 6) is -1.16. The number of aromatic nitrogens is 2. The van der Waals surface area contributed by atoms with Crippen LogP contribution in [0.4, 0.5) is 26.1 Å². The van der Waals surface area contributed by atoms with Crippen molar-refractivity contribution < 1.29 is 13.6 Å². The Morgan fingerprint density at radius 1 is 1.00 bits per heavy atom. The molecule has 0 aliphatic heterocycles. The molecule has 2 aromatic carbocycles. The Labute approximate surface area is 153 Å². The predicted molar refractivity (Wildman–Crippen MR) is 97.7 cm³/mol. The molecular formula is C18H16F2N6O. The van der Waals surface area contributed by atoms with Crippen molar-refractivity contribution in [1.82, 2.24) is 15.4 Å². The smallest absolute Gasteiger partial charge is 0.272 e. The van der Waals surface area contributed by atoms with Crippen molar-refractivity contribution in [3.05, 3.63) is 77.6 Å². The number of hydrogen-bond acceptors (Lipinski definition) is 6. The Hall–Kier alpha value is -3.75. The number of carbonyl (C=O) groups excluding carboxylic acids is 1. The van der Waals surface area contributed by atoms with Crippen molar-refractivity contribution in [2.45, 2.75) is 6.54 Å². The van der Waals surface area contributed by atoms with Crippen LogP contribution < -0.4 is 21.9 Å². The molecule has 0 saturated carbocycles. The number of nitrogen functional groups attached to an aromatic ring is 1. The molecule has 0 radical (unpaired) electrons. The van der Waals surface area contributed by atoms with E-state index in [0.717, 1.165) is 5.56 Å². The van der Waals surface area contributed by atoms with Crippen LogP contribution in [-0.2, 0) is 6.54 Å². The van der Waals surface area contributed by atoms with E-state index < -0.39 is 11.7 Å². The van der Waals surface area contributed by atoms with Crippen LogP contribution in [0.2, 0.25) is 0 Å². The summed E-state index contributed by atoms with van der Waals surface area (Å²) in [6.45, 7) is 0.364.